The summed E-state index contributed by atoms with van der Waals surface area (Å²) in [4.78, 5) is 23.5. The molecule has 4 nitrogen and oxygen atoms in total. The molecule has 2 aromatic rings. The number of hydrogen-bond acceptors (Lipinski definition) is 4. The first-order chi connectivity index (χ1) is 10.7. The molecule has 0 aliphatic carbocycles. The third-order valence-electron chi connectivity index (χ3n) is 2.96. The van der Waals surface area contributed by atoms with E-state index in [1.807, 2.05) is 30.3 Å². The van der Waals surface area contributed by atoms with Crippen LogP contribution in [0.2, 0.25) is 0 Å². The fraction of sp³-hybridized carbons (Fsp3) is 0.111. The Labute approximate surface area is 128 Å². The van der Waals surface area contributed by atoms with E-state index in [9.17, 15) is 14.7 Å². The molecule has 0 saturated heterocycles. The molecule has 1 atom stereocenters. The Balaban J connectivity index is 1.84. The smallest absolute Gasteiger partial charge is 0.343 e. The van der Waals surface area contributed by atoms with Crippen molar-refractivity contribution < 1.29 is 19.4 Å². The van der Waals surface area contributed by atoms with Gasteiger partial charge in [-0.05, 0) is 11.6 Å². The maximum absolute atomic E-state index is 11.9. The fourth-order valence-corrected chi connectivity index (χ4v) is 1.82. The van der Waals surface area contributed by atoms with Crippen LogP contribution in [0.4, 0.5) is 0 Å². The van der Waals surface area contributed by atoms with E-state index >= 15 is 0 Å². The van der Waals surface area contributed by atoms with Crippen LogP contribution in [0.25, 0.3) is 6.08 Å². The predicted molar refractivity (Wildman–Crippen MR) is 83.2 cm³/mol. The standard InChI is InChI=1S/C18H16O4/c19-16(15-11-5-2-6-12-15)17(20)18(21)22-13-7-10-14-8-3-1-4-9-14/h1-12,17,20H,13H2/b10-7+. The highest BCUT2D eigenvalue weighted by Gasteiger charge is 2.25. The summed E-state index contributed by atoms with van der Waals surface area (Å²) in [5.41, 5.74) is 1.24. The third-order valence-corrected chi connectivity index (χ3v) is 2.96. The molecule has 1 unspecified atom stereocenters. The van der Waals surface area contributed by atoms with Crippen molar-refractivity contribution in [3.05, 3.63) is 77.9 Å². The van der Waals surface area contributed by atoms with Crippen molar-refractivity contribution in [3.8, 4) is 0 Å². The van der Waals surface area contributed by atoms with Gasteiger partial charge in [0.2, 0.25) is 11.9 Å². The molecule has 2 rings (SSSR count). The summed E-state index contributed by atoms with van der Waals surface area (Å²) in [5.74, 6) is -1.62. The van der Waals surface area contributed by atoms with Crippen LogP contribution in [0.5, 0.6) is 0 Å². The Morgan fingerprint density at radius 3 is 2.23 bits per heavy atom. The van der Waals surface area contributed by atoms with Gasteiger partial charge in [0.25, 0.3) is 0 Å². The van der Waals surface area contributed by atoms with Crippen molar-refractivity contribution >= 4 is 17.8 Å². The van der Waals surface area contributed by atoms with Crippen LogP contribution in [0.15, 0.2) is 66.7 Å². The summed E-state index contributed by atoms with van der Waals surface area (Å²) in [6.07, 6.45) is 1.64. The number of ether oxygens (including phenoxy) is 1. The molecule has 22 heavy (non-hydrogen) atoms. The van der Waals surface area contributed by atoms with E-state index in [0.717, 1.165) is 5.56 Å². The lowest BCUT2D eigenvalue weighted by Gasteiger charge is -2.08. The summed E-state index contributed by atoms with van der Waals surface area (Å²) in [7, 11) is 0. The van der Waals surface area contributed by atoms with Crippen LogP contribution < -0.4 is 0 Å². The number of benzene rings is 2. The van der Waals surface area contributed by atoms with Crippen LogP contribution in [-0.2, 0) is 9.53 Å². The lowest BCUT2D eigenvalue weighted by atomic mass is 10.1. The van der Waals surface area contributed by atoms with Gasteiger partial charge in [-0.3, -0.25) is 4.79 Å². The highest BCUT2D eigenvalue weighted by atomic mass is 16.5. The minimum atomic E-state index is -1.80. The molecular weight excluding hydrogens is 280 g/mol. The Morgan fingerprint density at radius 2 is 1.59 bits per heavy atom. The van der Waals surface area contributed by atoms with Gasteiger partial charge in [-0.1, -0.05) is 66.7 Å². The van der Waals surface area contributed by atoms with Crippen LogP contribution in [0.3, 0.4) is 0 Å². The summed E-state index contributed by atoms with van der Waals surface area (Å²) in [6.45, 7) is -0.00709. The van der Waals surface area contributed by atoms with E-state index < -0.39 is 17.9 Å². The summed E-state index contributed by atoms with van der Waals surface area (Å²) < 4.78 is 4.87. The second kappa shape index (κ2) is 7.90. The van der Waals surface area contributed by atoms with Crippen molar-refractivity contribution in [2.45, 2.75) is 6.10 Å². The quantitative estimate of drug-likeness (QED) is 0.505. The zero-order chi connectivity index (χ0) is 15.8. The molecule has 0 spiro atoms. The number of esters is 1. The third kappa shape index (κ3) is 4.40. The van der Waals surface area contributed by atoms with Gasteiger partial charge in [-0.2, -0.15) is 0 Å². The first-order valence-corrected chi connectivity index (χ1v) is 6.84. The number of ketones is 1. The Morgan fingerprint density at radius 1 is 1.00 bits per heavy atom. The zero-order valence-electron chi connectivity index (χ0n) is 11.9. The molecule has 0 heterocycles. The zero-order valence-corrected chi connectivity index (χ0v) is 11.9. The second-order valence-corrected chi connectivity index (χ2v) is 4.58. The minimum Gasteiger partial charge on any atom is -0.459 e. The van der Waals surface area contributed by atoms with E-state index in [-0.39, 0.29) is 12.2 Å². The van der Waals surface area contributed by atoms with Gasteiger partial charge in [0.05, 0.1) is 0 Å². The van der Waals surface area contributed by atoms with Crippen LogP contribution in [-0.4, -0.2) is 29.6 Å². The molecule has 0 fully saturated rings. The number of Topliss-reactive ketones (excluding diaryl/α,β-unsaturated/α-hetero) is 1. The van der Waals surface area contributed by atoms with Crippen molar-refractivity contribution in [3.63, 3.8) is 0 Å². The van der Waals surface area contributed by atoms with Gasteiger partial charge < -0.3 is 9.84 Å². The molecular formula is C18H16O4. The molecule has 0 bridgehead atoms. The summed E-state index contributed by atoms with van der Waals surface area (Å²) in [5, 5.41) is 9.71. The average molecular weight is 296 g/mol. The number of rotatable bonds is 6. The molecule has 0 aromatic heterocycles. The predicted octanol–water partition coefficient (Wildman–Crippen LogP) is 2.49. The molecule has 0 radical (unpaired) electrons. The molecule has 0 saturated carbocycles. The van der Waals surface area contributed by atoms with Gasteiger partial charge in [0, 0.05) is 5.56 Å². The summed E-state index contributed by atoms with van der Waals surface area (Å²) >= 11 is 0. The van der Waals surface area contributed by atoms with Gasteiger partial charge >= 0.3 is 5.97 Å². The van der Waals surface area contributed by atoms with Gasteiger partial charge in [0.15, 0.2) is 0 Å². The largest absolute Gasteiger partial charge is 0.459 e. The van der Waals surface area contributed by atoms with Crippen molar-refractivity contribution in [2.75, 3.05) is 6.61 Å². The number of aliphatic hydroxyl groups is 1. The van der Waals surface area contributed by atoms with Crippen LogP contribution >= 0.6 is 0 Å². The average Bonchev–Trinajstić information content (AvgIpc) is 2.59. The number of hydrogen-bond donors (Lipinski definition) is 1. The van der Waals surface area contributed by atoms with Gasteiger partial charge in [-0.15, -0.1) is 0 Å². The van der Waals surface area contributed by atoms with Crippen LogP contribution in [0, 0.1) is 0 Å². The SMILES string of the molecule is O=C(OC/C=C/c1ccccc1)C(O)C(=O)c1ccccc1. The highest BCUT2D eigenvalue weighted by Crippen LogP contribution is 2.05. The first-order valence-electron chi connectivity index (χ1n) is 6.84. The van der Waals surface area contributed by atoms with Gasteiger partial charge in [0.1, 0.15) is 6.61 Å². The monoisotopic (exact) mass is 296 g/mol. The molecule has 1 N–H and O–H groups in total. The first kappa shape index (κ1) is 15.7. The number of carbonyl (C=O) groups is 2. The maximum atomic E-state index is 11.9. The van der Waals surface area contributed by atoms with Crippen molar-refractivity contribution in [1.29, 1.82) is 0 Å². The van der Waals surface area contributed by atoms with E-state index in [4.69, 9.17) is 4.74 Å². The minimum absolute atomic E-state index is 0.00709. The van der Waals surface area contributed by atoms with E-state index in [1.165, 1.54) is 12.1 Å². The number of aliphatic hydroxyl groups excluding tert-OH is 1. The van der Waals surface area contributed by atoms with Crippen LogP contribution in [0.1, 0.15) is 15.9 Å². The molecule has 0 aliphatic heterocycles. The Bertz CT molecular complexity index is 647. The highest BCUT2D eigenvalue weighted by molar-refractivity contribution is 6.10. The van der Waals surface area contributed by atoms with E-state index in [1.54, 1.807) is 30.4 Å². The van der Waals surface area contributed by atoms with Gasteiger partial charge in [-0.25, -0.2) is 4.79 Å². The Kier molecular flexibility index (Phi) is 5.63. The van der Waals surface area contributed by atoms with Crippen molar-refractivity contribution in [1.82, 2.24) is 0 Å². The van der Waals surface area contributed by atoms with E-state index in [2.05, 4.69) is 0 Å². The molecule has 4 heteroatoms. The number of carbonyl (C=O) groups excluding carboxylic acids is 2. The van der Waals surface area contributed by atoms with Crippen molar-refractivity contribution in [2.24, 2.45) is 0 Å². The maximum Gasteiger partial charge on any atom is 0.343 e. The normalized spacial score (nSPS) is 12.0. The fourth-order valence-electron chi connectivity index (χ4n) is 1.82. The topological polar surface area (TPSA) is 63.6 Å². The molecule has 0 amide bonds. The van der Waals surface area contributed by atoms with E-state index in [0.29, 0.717) is 0 Å². The molecule has 2 aromatic carbocycles. The molecule has 0 aliphatic rings. The summed E-state index contributed by atoms with van der Waals surface area (Å²) in [6, 6.07) is 17.7. The lowest BCUT2D eigenvalue weighted by molar-refractivity contribution is -0.149. The molecule has 112 valence electrons. The Hall–Kier alpha value is -2.72. The second-order valence-electron chi connectivity index (χ2n) is 4.58. The lowest BCUT2D eigenvalue weighted by Crippen LogP contribution is -2.31.